The van der Waals surface area contributed by atoms with Crippen molar-refractivity contribution in [2.75, 3.05) is 0 Å². The zero-order chi connectivity index (χ0) is 16.9. The first-order valence-corrected chi connectivity index (χ1v) is 9.16. The van der Waals surface area contributed by atoms with E-state index in [0.717, 1.165) is 5.56 Å². The zero-order valence-electron chi connectivity index (χ0n) is 13.5. The fraction of sp³-hybridized carbons (Fsp3) is 0.286. The normalized spacial score (nSPS) is 15.8. The summed E-state index contributed by atoms with van der Waals surface area (Å²) in [5, 5.41) is 1.12. The number of carbonyl (C=O) groups is 1. The second-order valence-corrected chi connectivity index (χ2v) is 7.23. The molecule has 2 aromatic rings. The molecular formula is C21H20Cl2O. The fourth-order valence-electron chi connectivity index (χ4n) is 3.30. The number of benzene rings is 2. The van der Waals surface area contributed by atoms with Crippen LogP contribution in [-0.2, 0) is 0 Å². The SMILES string of the molecule is O=C(C=Cc1cc(Cl)cc(Cl)c1)c1ccc(C2CCCCC2)cc1. The highest BCUT2D eigenvalue weighted by Gasteiger charge is 2.15. The van der Waals surface area contributed by atoms with Gasteiger partial charge in [-0.05, 0) is 54.2 Å². The van der Waals surface area contributed by atoms with Crippen molar-refractivity contribution in [1.29, 1.82) is 0 Å². The van der Waals surface area contributed by atoms with Gasteiger partial charge in [-0.15, -0.1) is 0 Å². The van der Waals surface area contributed by atoms with Crippen LogP contribution in [0.4, 0.5) is 0 Å². The first-order chi connectivity index (χ1) is 11.6. The van der Waals surface area contributed by atoms with Gasteiger partial charge in [-0.3, -0.25) is 4.79 Å². The molecule has 0 spiro atoms. The van der Waals surface area contributed by atoms with Crippen molar-refractivity contribution in [3.05, 3.63) is 75.3 Å². The van der Waals surface area contributed by atoms with Crippen molar-refractivity contribution < 1.29 is 4.79 Å². The molecule has 0 unspecified atom stereocenters. The van der Waals surface area contributed by atoms with Gasteiger partial charge in [0.2, 0.25) is 0 Å². The second-order valence-electron chi connectivity index (χ2n) is 6.36. The second kappa shape index (κ2) is 8.00. The first kappa shape index (κ1) is 17.3. The Morgan fingerprint density at radius 1 is 0.917 bits per heavy atom. The Kier molecular flexibility index (Phi) is 5.76. The van der Waals surface area contributed by atoms with Crippen LogP contribution in [0.25, 0.3) is 6.08 Å². The van der Waals surface area contributed by atoms with E-state index >= 15 is 0 Å². The van der Waals surface area contributed by atoms with Gasteiger partial charge in [-0.25, -0.2) is 0 Å². The summed E-state index contributed by atoms with van der Waals surface area (Å²) in [7, 11) is 0. The number of rotatable bonds is 4. The third-order valence-electron chi connectivity index (χ3n) is 4.58. The monoisotopic (exact) mass is 358 g/mol. The number of ketones is 1. The minimum atomic E-state index is -0.0127. The molecule has 0 amide bonds. The van der Waals surface area contributed by atoms with Crippen LogP contribution in [0.15, 0.2) is 48.5 Å². The molecule has 24 heavy (non-hydrogen) atoms. The Labute approximate surface area is 153 Å². The molecular weight excluding hydrogens is 339 g/mol. The first-order valence-electron chi connectivity index (χ1n) is 8.40. The van der Waals surface area contributed by atoms with Gasteiger partial charge in [0, 0.05) is 15.6 Å². The predicted molar refractivity (Wildman–Crippen MR) is 102 cm³/mol. The van der Waals surface area contributed by atoms with E-state index < -0.39 is 0 Å². The number of hydrogen-bond acceptors (Lipinski definition) is 1. The summed E-state index contributed by atoms with van der Waals surface area (Å²) in [6.45, 7) is 0. The van der Waals surface area contributed by atoms with Crippen molar-refractivity contribution >= 4 is 35.1 Å². The molecule has 0 N–H and O–H groups in total. The molecule has 0 bridgehead atoms. The standard InChI is InChI=1S/C21H20Cl2O/c22-19-12-15(13-20(23)14-19)6-11-21(24)18-9-7-17(8-10-18)16-4-2-1-3-5-16/h6-14,16H,1-5H2. The molecule has 1 nitrogen and oxygen atoms in total. The molecule has 1 fully saturated rings. The summed E-state index contributed by atoms with van der Waals surface area (Å²) < 4.78 is 0. The molecule has 0 radical (unpaired) electrons. The van der Waals surface area contributed by atoms with Gasteiger partial charge in [-0.2, -0.15) is 0 Å². The summed E-state index contributed by atoms with van der Waals surface area (Å²) in [4.78, 5) is 12.3. The van der Waals surface area contributed by atoms with Crippen LogP contribution in [0.3, 0.4) is 0 Å². The molecule has 0 saturated heterocycles. The van der Waals surface area contributed by atoms with E-state index in [4.69, 9.17) is 23.2 Å². The predicted octanol–water partition coefficient (Wildman–Crippen LogP) is 6.94. The van der Waals surface area contributed by atoms with Crippen LogP contribution < -0.4 is 0 Å². The highest BCUT2D eigenvalue weighted by Crippen LogP contribution is 2.32. The summed E-state index contributed by atoms with van der Waals surface area (Å²) in [5.41, 5.74) is 2.88. The zero-order valence-corrected chi connectivity index (χ0v) is 15.0. The molecule has 2 aromatic carbocycles. The lowest BCUT2D eigenvalue weighted by Crippen LogP contribution is -2.05. The molecule has 124 valence electrons. The summed E-state index contributed by atoms with van der Waals surface area (Å²) in [6.07, 6.45) is 9.83. The van der Waals surface area contributed by atoms with Gasteiger partial charge in [0.1, 0.15) is 0 Å². The molecule has 3 rings (SSSR count). The number of hydrogen-bond donors (Lipinski definition) is 0. The van der Waals surface area contributed by atoms with Crippen LogP contribution in [0.5, 0.6) is 0 Å². The van der Waals surface area contributed by atoms with Gasteiger partial charge in [-0.1, -0.05) is 72.8 Å². The van der Waals surface area contributed by atoms with E-state index in [2.05, 4.69) is 12.1 Å². The lowest BCUT2D eigenvalue weighted by Gasteiger charge is -2.21. The van der Waals surface area contributed by atoms with E-state index in [9.17, 15) is 4.79 Å². The third-order valence-corrected chi connectivity index (χ3v) is 5.02. The maximum Gasteiger partial charge on any atom is 0.185 e. The maximum atomic E-state index is 12.3. The Balaban J connectivity index is 1.69. The Bertz CT molecular complexity index is 721. The lowest BCUT2D eigenvalue weighted by molar-refractivity contribution is 0.104. The minimum absolute atomic E-state index is 0.0127. The van der Waals surface area contributed by atoms with Crippen LogP contribution in [-0.4, -0.2) is 5.78 Å². The van der Waals surface area contributed by atoms with E-state index in [0.29, 0.717) is 21.5 Å². The van der Waals surface area contributed by atoms with Crippen molar-refractivity contribution in [2.45, 2.75) is 38.0 Å². The minimum Gasteiger partial charge on any atom is -0.289 e. The van der Waals surface area contributed by atoms with Gasteiger partial charge in [0.25, 0.3) is 0 Å². The average Bonchev–Trinajstić information content (AvgIpc) is 2.60. The van der Waals surface area contributed by atoms with Crippen molar-refractivity contribution in [3.8, 4) is 0 Å². The highest BCUT2D eigenvalue weighted by molar-refractivity contribution is 6.34. The molecule has 0 aromatic heterocycles. The molecule has 1 saturated carbocycles. The van der Waals surface area contributed by atoms with E-state index in [1.165, 1.54) is 37.7 Å². The summed E-state index contributed by atoms with van der Waals surface area (Å²) in [5.74, 6) is 0.647. The molecule has 1 aliphatic rings. The molecule has 0 heterocycles. The largest absolute Gasteiger partial charge is 0.289 e. The Hall–Kier alpha value is -1.57. The average molecular weight is 359 g/mol. The lowest BCUT2D eigenvalue weighted by atomic mass is 9.84. The van der Waals surface area contributed by atoms with E-state index in [1.54, 1.807) is 30.4 Å². The van der Waals surface area contributed by atoms with Gasteiger partial charge in [0.15, 0.2) is 5.78 Å². The van der Waals surface area contributed by atoms with Crippen LogP contribution in [0, 0.1) is 0 Å². The molecule has 0 aliphatic heterocycles. The Morgan fingerprint density at radius 2 is 1.54 bits per heavy atom. The van der Waals surface area contributed by atoms with Gasteiger partial charge in [0.05, 0.1) is 0 Å². The summed E-state index contributed by atoms with van der Waals surface area (Å²) in [6, 6.07) is 13.3. The van der Waals surface area contributed by atoms with Crippen LogP contribution in [0.1, 0.15) is 59.5 Å². The van der Waals surface area contributed by atoms with Crippen molar-refractivity contribution in [1.82, 2.24) is 0 Å². The van der Waals surface area contributed by atoms with E-state index in [-0.39, 0.29) is 5.78 Å². The topological polar surface area (TPSA) is 17.1 Å². The van der Waals surface area contributed by atoms with Crippen LogP contribution in [0.2, 0.25) is 10.0 Å². The fourth-order valence-corrected chi connectivity index (χ4v) is 3.84. The van der Waals surface area contributed by atoms with Crippen LogP contribution >= 0.6 is 23.2 Å². The third kappa shape index (κ3) is 4.49. The highest BCUT2D eigenvalue weighted by atomic mass is 35.5. The van der Waals surface area contributed by atoms with Crippen molar-refractivity contribution in [3.63, 3.8) is 0 Å². The molecule has 0 atom stereocenters. The molecule has 3 heteroatoms. The van der Waals surface area contributed by atoms with E-state index in [1.807, 2.05) is 12.1 Å². The number of halogens is 2. The van der Waals surface area contributed by atoms with Crippen molar-refractivity contribution in [2.24, 2.45) is 0 Å². The summed E-state index contributed by atoms with van der Waals surface area (Å²) >= 11 is 11.9. The van der Waals surface area contributed by atoms with Gasteiger partial charge >= 0.3 is 0 Å². The quantitative estimate of drug-likeness (QED) is 0.427. The number of allylic oxidation sites excluding steroid dienone is 1. The number of carbonyl (C=O) groups excluding carboxylic acids is 1. The molecule has 1 aliphatic carbocycles. The smallest absolute Gasteiger partial charge is 0.185 e. The van der Waals surface area contributed by atoms with Gasteiger partial charge < -0.3 is 0 Å². The Morgan fingerprint density at radius 3 is 2.17 bits per heavy atom. The maximum absolute atomic E-state index is 12.3.